The van der Waals surface area contributed by atoms with Crippen molar-refractivity contribution in [3.63, 3.8) is 0 Å². The maximum absolute atomic E-state index is 8.50. The molecule has 0 unspecified atom stereocenters. The molecule has 2 nitrogen and oxygen atoms in total. The summed E-state index contributed by atoms with van der Waals surface area (Å²) in [6.07, 6.45) is 0. The second kappa shape index (κ2) is 9.17. The van der Waals surface area contributed by atoms with E-state index in [4.69, 9.17) is 6.65 Å². The van der Waals surface area contributed by atoms with Gasteiger partial charge < -0.3 is 0 Å². The quantitative estimate of drug-likeness (QED) is 0.433. The first-order valence-electron chi connectivity index (χ1n) is 0.408. The molecule has 0 saturated heterocycles. The van der Waals surface area contributed by atoms with Gasteiger partial charge >= 0.3 is 25.7 Å². The van der Waals surface area contributed by atoms with E-state index in [2.05, 4.69) is 0 Å². The van der Waals surface area contributed by atoms with Crippen molar-refractivity contribution in [3.05, 3.63) is 0 Å². The van der Waals surface area contributed by atoms with Crippen LogP contribution in [0, 0.1) is 0 Å². The molecule has 1 radical (unpaired) electrons. The third-order valence-electron chi connectivity index (χ3n) is 0. The fourth-order valence-electron chi connectivity index (χ4n) is 0. The normalized spacial score (nSPS) is 2.00. The van der Waals surface area contributed by atoms with E-state index in [1.54, 1.807) is 0 Å². The van der Waals surface area contributed by atoms with Gasteiger partial charge in [-0.05, 0) is 0 Å². The van der Waals surface area contributed by atoms with Crippen molar-refractivity contribution in [2.45, 2.75) is 0 Å². The van der Waals surface area contributed by atoms with Crippen LogP contribution in [0.25, 0.3) is 0 Å². The van der Waals surface area contributed by atoms with Crippen molar-refractivity contribution in [3.8, 4) is 0 Å². The standard InChI is InChI=1S/Co.2O.Ti. The molecule has 4 heteroatoms. The van der Waals surface area contributed by atoms with Gasteiger partial charge in [-0.15, -0.1) is 0 Å². The molecule has 0 aliphatic rings. The maximum atomic E-state index is 8.50. The average molecular weight is 139 g/mol. The Balaban J connectivity index is 0. The zero-order valence-corrected chi connectivity index (χ0v) is 4.25. The molecule has 25 valence electrons. The summed E-state index contributed by atoms with van der Waals surface area (Å²) in [5.74, 6) is 0. The average Bonchev–Trinajstić information content (AvgIpc) is 0.918. The molecule has 0 fully saturated rings. The van der Waals surface area contributed by atoms with Gasteiger partial charge in [-0.25, -0.2) is 0 Å². The monoisotopic (exact) mass is 139 g/mol. The molecule has 0 spiro atoms. The molecule has 0 saturated carbocycles. The second-order valence-corrected chi connectivity index (χ2v) is 0.344. The summed E-state index contributed by atoms with van der Waals surface area (Å²) in [5.41, 5.74) is 0. The van der Waals surface area contributed by atoms with Crippen molar-refractivity contribution < 1.29 is 42.5 Å². The first-order valence-corrected chi connectivity index (χ1v) is 1.68. The fraction of sp³-hybridized carbons (Fsp3) is 0. The predicted octanol–water partition coefficient (Wildman–Crippen LogP) is -0.243. The molecule has 0 aliphatic heterocycles. The van der Waals surface area contributed by atoms with Crippen LogP contribution in [0.15, 0.2) is 0 Å². The van der Waals surface area contributed by atoms with Gasteiger partial charge in [0, 0.05) is 16.8 Å². The summed E-state index contributed by atoms with van der Waals surface area (Å²) in [6, 6.07) is 0. The second-order valence-electron chi connectivity index (χ2n) is 0.0833. The SMILES string of the molecule is [Co].[O]=[Ti]=[O]. The van der Waals surface area contributed by atoms with E-state index < -0.39 is 19.1 Å². The van der Waals surface area contributed by atoms with E-state index in [0.717, 1.165) is 0 Å². The summed E-state index contributed by atoms with van der Waals surface area (Å²) in [6.45, 7) is 0. The topological polar surface area (TPSA) is 34.1 Å². The zero-order valence-electron chi connectivity index (χ0n) is 1.65. The van der Waals surface area contributed by atoms with E-state index in [9.17, 15) is 0 Å². The van der Waals surface area contributed by atoms with Gasteiger partial charge in [-0.2, -0.15) is 0 Å². The Morgan fingerprint density at radius 1 is 1.25 bits per heavy atom. The third kappa shape index (κ3) is 13.9. The minimum absolute atomic E-state index is 0. The molecule has 0 aromatic heterocycles. The summed E-state index contributed by atoms with van der Waals surface area (Å²) < 4.78 is 17.0. The molecule has 0 amide bonds. The third-order valence-corrected chi connectivity index (χ3v) is 0. The molecule has 0 N–H and O–H groups in total. The van der Waals surface area contributed by atoms with Gasteiger partial charge in [0.2, 0.25) is 0 Å². The zero-order chi connectivity index (χ0) is 2.71. The van der Waals surface area contributed by atoms with E-state index in [0.29, 0.717) is 0 Å². The number of hydrogen-bond donors (Lipinski definition) is 0. The first kappa shape index (κ1) is 8.84. The molecule has 0 aliphatic carbocycles. The Labute approximate surface area is 42.7 Å². The molecule has 0 bridgehead atoms. The van der Waals surface area contributed by atoms with E-state index in [1.807, 2.05) is 0 Å². The van der Waals surface area contributed by atoms with E-state index in [1.165, 1.54) is 0 Å². The summed E-state index contributed by atoms with van der Waals surface area (Å²) in [5, 5.41) is 0. The molecular formula is CoO2Ti. The first-order chi connectivity index (χ1) is 1.41. The van der Waals surface area contributed by atoms with Crippen molar-refractivity contribution in [1.29, 1.82) is 0 Å². The fourth-order valence-corrected chi connectivity index (χ4v) is 0. The summed E-state index contributed by atoms with van der Waals surface area (Å²) in [4.78, 5) is 0. The van der Waals surface area contributed by atoms with Gasteiger partial charge in [-0.1, -0.05) is 0 Å². The molecule has 4 heavy (non-hydrogen) atoms. The summed E-state index contributed by atoms with van der Waals surface area (Å²) in [7, 11) is 0. The molecular weight excluding hydrogens is 139 g/mol. The Bertz CT molecular complexity index is 27.0. The van der Waals surface area contributed by atoms with Crippen LogP contribution in [0.1, 0.15) is 0 Å². The van der Waals surface area contributed by atoms with Crippen LogP contribution in [-0.2, 0) is 42.5 Å². The van der Waals surface area contributed by atoms with E-state index in [-0.39, 0.29) is 16.8 Å². The van der Waals surface area contributed by atoms with Crippen molar-refractivity contribution in [2.24, 2.45) is 0 Å². The molecule has 0 heterocycles. The molecule has 0 atom stereocenters. The Kier molecular flexibility index (Phi) is 20.3. The van der Waals surface area contributed by atoms with Crippen LogP contribution in [0.4, 0.5) is 0 Å². The van der Waals surface area contributed by atoms with Crippen molar-refractivity contribution in [1.82, 2.24) is 0 Å². The van der Waals surface area contributed by atoms with Crippen LogP contribution in [0.5, 0.6) is 0 Å². The van der Waals surface area contributed by atoms with E-state index >= 15 is 0 Å². The van der Waals surface area contributed by atoms with Crippen LogP contribution >= 0.6 is 0 Å². The van der Waals surface area contributed by atoms with Crippen LogP contribution < -0.4 is 0 Å². The predicted molar refractivity (Wildman–Crippen MR) is 1.37 cm³/mol. The van der Waals surface area contributed by atoms with Crippen LogP contribution in [0.3, 0.4) is 0 Å². The van der Waals surface area contributed by atoms with Gasteiger partial charge in [0.1, 0.15) is 0 Å². The molecule has 0 rings (SSSR count). The minimum atomic E-state index is -2.00. The number of hydrogen-bond acceptors (Lipinski definition) is 2. The van der Waals surface area contributed by atoms with Gasteiger partial charge in [-0.3, -0.25) is 0 Å². The van der Waals surface area contributed by atoms with Crippen LogP contribution in [-0.4, -0.2) is 0 Å². The van der Waals surface area contributed by atoms with Gasteiger partial charge in [0.15, 0.2) is 0 Å². The summed E-state index contributed by atoms with van der Waals surface area (Å²) >= 11 is -2.00. The van der Waals surface area contributed by atoms with Crippen molar-refractivity contribution >= 4 is 0 Å². The van der Waals surface area contributed by atoms with Gasteiger partial charge in [0.25, 0.3) is 0 Å². The Morgan fingerprint density at radius 3 is 1.25 bits per heavy atom. The number of rotatable bonds is 0. The van der Waals surface area contributed by atoms with Crippen molar-refractivity contribution in [2.75, 3.05) is 0 Å². The molecule has 0 aromatic rings. The molecule has 0 aromatic carbocycles. The Morgan fingerprint density at radius 2 is 1.25 bits per heavy atom. The van der Waals surface area contributed by atoms with Crippen LogP contribution in [0.2, 0.25) is 0 Å². The van der Waals surface area contributed by atoms with Gasteiger partial charge in [0.05, 0.1) is 0 Å². The Hall–Kier alpha value is 0.821.